The minimum absolute atomic E-state index is 0.0321. The third-order valence-corrected chi connectivity index (χ3v) is 4.88. The van der Waals surface area contributed by atoms with Gasteiger partial charge >= 0.3 is 5.97 Å². The van der Waals surface area contributed by atoms with Crippen LogP contribution in [0.2, 0.25) is 0 Å². The van der Waals surface area contributed by atoms with Crippen molar-refractivity contribution < 1.29 is 23.9 Å². The Morgan fingerprint density at radius 1 is 1.00 bits per heavy atom. The van der Waals surface area contributed by atoms with Gasteiger partial charge in [-0.05, 0) is 30.0 Å². The number of benzene rings is 2. The first-order valence-electron chi connectivity index (χ1n) is 9.39. The SMILES string of the molecule is C[C@@H](OC(=O)CN1C(=O)C(=O)c2ccccc21)C(=O)c1ccc(C(C)(C)C)cc1. The van der Waals surface area contributed by atoms with E-state index in [4.69, 9.17) is 4.74 Å². The summed E-state index contributed by atoms with van der Waals surface area (Å²) in [4.78, 5) is 50.1. The number of carbonyl (C=O) groups excluding carboxylic acids is 4. The van der Waals surface area contributed by atoms with Gasteiger partial charge in [0.25, 0.3) is 11.7 Å². The standard InChI is InChI=1S/C23H23NO5/c1-14(20(26)15-9-11-16(12-10-15)23(2,3)4)29-19(25)13-24-18-8-6-5-7-17(18)21(27)22(24)28/h5-12,14H,13H2,1-4H3/t14-/m1/s1. The Kier molecular flexibility index (Phi) is 5.38. The number of nitrogens with zero attached hydrogens (tertiary/aromatic N) is 1. The summed E-state index contributed by atoms with van der Waals surface area (Å²) in [5.74, 6) is -2.52. The molecule has 3 rings (SSSR count). The maximum atomic E-state index is 12.6. The first-order valence-corrected chi connectivity index (χ1v) is 9.39. The molecule has 0 unspecified atom stereocenters. The van der Waals surface area contributed by atoms with E-state index >= 15 is 0 Å². The fourth-order valence-corrected chi connectivity index (χ4v) is 3.19. The van der Waals surface area contributed by atoms with E-state index in [1.165, 1.54) is 13.0 Å². The molecular weight excluding hydrogens is 370 g/mol. The average Bonchev–Trinajstić information content (AvgIpc) is 2.92. The molecule has 0 N–H and O–H groups in total. The van der Waals surface area contributed by atoms with E-state index in [0.29, 0.717) is 11.3 Å². The van der Waals surface area contributed by atoms with Crippen molar-refractivity contribution >= 4 is 29.1 Å². The highest BCUT2D eigenvalue weighted by atomic mass is 16.5. The minimum Gasteiger partial charge on any atom is -0.453 e. The van der Waals surface area contributed by atoms with Crippen LogP contribution in [0, 0.1) is 0 Å². The number of rotatable bonds is 5. The maximum Gasteiger partial charge on any atom is 0.326 e. The lowest BCUT2D eigenvalue weighted by Gasteiger charge is -2.20. The van der Waals surface area contributed by atoms with Gasteiger partial charge in [-0.25, -0.2) is 0 Å². The molecule has 0 spiro atoms. The van der Waals surface area contributed by atoms with Crippen LogP contribution in [0.5, 0.6) is 0 Å². The molecular formula is C23H23NO5. The molecule has 1 aliphatic heterocycles. The first kappa shape index (κ1) is 20.5. The van der Waals surface area contributed by atoms with Crippen molar-refractivity contribution in [2.45, 2.75) is 39.2 Å². The number of para-hydroxylation sites is 1. The van der Waals surface area contributed by atoms with Gasteiger partial charge in [0.1, 0.15) is 6.54 Å². The molecule has 1 aliphatic rings. The maximum absolute atomic E-state index is 12.6. The lowest BCUT2D eigenvalue weighted by atomic mass is 9.86. The molecule has 0 saturated carbocycles. The summed E-state index contributed by atoms with van der Waals surface area (Å²) in [5, 5.41) is 0. The fraction of sp³-hybridized carbons (Fsp3) is 0.304. The summed E-state index contributed by atoms with van der Waals surface area (Å²) in [6.07, 6.45) is -1.01. The van der Waals surface area contributed by atoms with Gasteiger partial charge in [-0.1, -0.05) is 57.2 Å². The van der Waals surface area contributed by atoms with Crippen molar-refractivity contribution in [3.05, 3.63) is 65.2 Å². The molecule has 6 nitrogen and oxygen atoms in total. The van der Waals surface area contributed by atoms with E-state index in [1.54, 1.807) is 30.3 Å². The van der Waals surface area contributed by atoms with Crippen LogP contribution in [0.4, 0.5) is 5.69 Å². The Bertz CT molecular complexity index is 985. The first-order chi connectivity index (χ1) is 13.6. The Labute approximate surface area is 169 Å². The lowest BCUT2D eigenvalue weighted by Crippen LogP contribution is -2.37. The van der Waals surface area contributed by atoms with Crippen LogP contribution < -0.4 is 4.90 Å². The Morgan fingerprint density at radius 3 is 2.24 bits per heavy atom. The number of ether oxygens (including phenoxy) is 1. The predicted octanol–water partition coefficient (Wildman–Crippen LogP) is 3.33. The summed E-state index contributed by atoms with van der Waals surface area (Å²) in [5.41, 5.74) is 2.13. The van der Waals surface area contributed by atoms with Gasteiger partial charge in [-0.15, -0.1) is 0 Å². The summed E-state index contributed by atoms with van der Waals surface area (Å²) >= 11 is 0. The van der Waals surface area contributed by atoms with Crippen molar-refractivity contribution in [3.8, 4) is 0 Å². The number of Topliss-reactive ketones (excluding diaryl/α,β-unsaturated/α-hetero) is 2. The van der Waals surface area contributed by atoms with Gasteiger partial charge in [0.15, 0.2) is 6.10 Å². The summed E-state index contributed by atoms with van der Waals surface area (Å²) in [7, 11) is 0. The molecule has 0 fully saturated rings. The Morgan fingerprint density at radius 2 is 1.62 bits per heavy atom. The monoisotopic (exact) mass is 393 g/mol. The average molecular weight is 393 g/mol. The Balaban J connectivity index is 1.66. The fourth-order valence-electron chi connectivity index (χ4n) is 3.19. The van der Waals surface area contributed by atoms with Gasteiger partial charge in [0.05, 0.1) is 11.3 Å². The minimum atomic E-state index is -1.01. The number of anilines is 1. The largest absolute Gasteiger partial charge is 0.453 e. The van der Waals surface area contributed by atoms with Crippen LogP contribution in [-0.2, 0) is 19.7 Å². The van der Waals surface area contributed by atoms with E-state index < -0.39 is 30.3 Å². The summed E-state index contributed by atoms with van der Waals surface area (Å²) < 4.78 is 5.23. The molecule has 150 valence electrons. The Hall–Kier alpha value is -3.28. The number of hydrogen-bond acceptors (Lipinski definition) is 5. The van der Waals surface area contributed by atoms with Crippen LogP contribution in [-0.4, -0.2) is 36.1 Å². The second-order valence-corrected chi connectivity index (χ2v) is 8.06. The van der Waals surface area contributed by atoms with Crippen LogP contribution >= 0.6 is 0 Å². The van der Waals surface area contributed by atoms with Crippen LogP contribution in [0.25, 0.3) is 0 Å². The molecule has 0 saturated heterocycles. The van der Waals surface area contributed by atoms with Crippen molar-refractivity contribution in [3.63, 3.8) is 0 Å². The molecule has 1 amide bonds. The van der Waals surface area contributed by atoms with Crippen LogP contribution in [0.3, 0.4) is 0 Å². The molecule has 0 bridgehead atoms. The second kappa shape index (κ2) is 7.62. The molecule has 1 heterocycles. The van der Waals surface area contributed by atoms with Gasteiger partial charge in [-0.3, -0.25) is 24.1 Å². The lowest BCUT2D eigenvalue weighted by molar-refractivity contribution is -0.145. The van der Waals surface area contributed by atoms with E-state index in [-0.39, 0.29) is 16.8 Å². The number of esters is 1. The molecule has 2 aromatic rings. The molecule has 1 atom stereocenters. The highest BCUT2D eigenvalue weighted by molar-refractivity contribution is 6.52. The van der Waals surface area contributed by atoms with Gasteiger partial charge in [-0.2, -0.15) is 0 Å². The van der Waals surface area contributed by atoms with Crippen molar-refractivity contribution in [2.24, 2.45) is 0 Å². The van der Waals surface area contributed by atoms with Crippen LogP contribution in [0.15, 0.2) is 48.5 Å². The summed E-state index contributed by atoms with van der Waals surface area (Å²) in [6, 6.07) is 13.7. The van der Waals surface area contributed by atoms with Crippen LogP contribution in [0.1, 0.15) is 54.0 Å². The zero-order valence-corrected chi connectivity index (χ0v) is 16.9. The number of carbonyl (C=O) groups is 4. The topological polar surface area (TPSA) is 80.8 Å². The third kappa shape index (κ3) is 4.11. The highest BCUT2D eigenvalue weighted by Gasteiger charge is 2.37. The van der Waals surface area contributed by atoms with Crippen molar-refractivity contribution in [1.82, 2.24) is 0 Å². The molecule has 0 aliphatic carbocycles. The molecule has 29 heavy (non-hydrogen) atoms. The number of fused-ring (bicyclic) bond motifs is 1. The zero-order chi connectivity index (χ0) is 21.3. The van der Waals surface area contributed by atoms with E-state index in [1.807, 2.05) is 12.1 Å². The predicted molar refractivity (Wildman–Crippen MR) is 108 cm³/mol. The third-order valence-electron chi connectivity index (χ3n) is 4.88. The number of ketones is 2. The van der Waals surface area contributed by atoms with Gasteiger partial charge in [0.2, 0.25) is 5.78 Å². The highest BCUT2D eigenvalue weighted by Crippen LogP contribution is 2.28. The summed E-state index contributed by atoms with van der Waals surface area (Å²) in [6.45, 7) is 7.30. The smallest absolute Gasteiger partial charge is 0.326 e. The van der Waals surface area contributed by atoms with Gasteiger partial charge < -0.3 is 4.74 Å². The number of amides is 1. The normalized spacial score (nSPS) is 14.6. The van der Waals surface area contributed by atoms with Crippen molar-refractivity contribution in [1.29, 1.82) is 0 Å². The molecule has 0 radical (unpaired) electrons. The van der Waals surface area contributed by atoms with E-state index in [9.17, 15) is 19.2 Å². The molecule has 2 aromatic carbocycles. The van der Waals surface area contributed by atoms with Crippen molar-refractivity contribution in [2.75, 3.05) is 11.4 Å². The second-order valence-electron chi connectivity index (χ2n) is 8.06. The molecule has 0 aromatic heterocycles. The zero-order valence-electron chi connectivity index (χ0n) is 16.9. The molecule has 6 heteroatoms. The number of hydrogen-bond donors (Lipinski definition) is 0. The quantitative estimate of drug-likeness (QED) is 0.442. The van der Waals surface area contributed by atoms with Gasteiger partial charge in [0, 0.05) is 5.56 Å². The van der Waals surface area contributed by atoms with E-state index in [0.717, 1.165) is 10.5 Å². The van der Waals surface area contributed by atoms with E-state index in [2.05, 4.69) is 20.8 Å².